The fourth-order valence-corrected chi connectivity index (χ4v) is 2.85. The molecule has 0 bridgehead atoms. The molecule has 0 aliphatic carbocycles. The SMILES string of the molecule is CCCCCN(C(C)C)C(C(C)N)C(C)(C)C. The van der Waals surface area contributed by atoms with Gasteiger partial charge in [-0.25, -0.2) is 0 Å². The molecule has 0 aliphatic rings. The third-order valence-electron chi connectivity index (χ3n) is 3.43. The summed E-state index contributed by atoms with van der Waals surface area (Å²) in [6.45, 7) is 17.1. The van der Waals surface area contributed by atoms with E-state index in [1.165, 1.54) is 25.8 Å². The summed E-state index contributed by atoms with van der Waals surface area (Å²) in [6.07, 6.45) is 3.89. The second-order valence-corrected chi connectivity index (χ2v) is 6.71. The maximum atomic E-state index is 6.22. The number of unbranched alkanes of at least 4 members (excludes halogenated alkanes) is 2. The van der Waals surface area contributed by atoms with Crippen LogP contribution in [0.3, 0.4) is 0 Å². The molecule has 2 N–H and O–H groups in total. The van der Waals surface area contributed by atoms with E-state index in [9.17, 15) is 0 Å². The highest BCUT2D eigenvalue weighted by atomic mass is 15.2. The van der Waals surface area contributed by atoms with E-state index >= 15 is 0 Å². The van der Waals surface area contributed by atoms with Gasteiger partial charge in [0.1, 0.15) is 0 Å². The van der Waals surface area contributed by atoms with Crippen LogP contribution in [0, 0.1) is 5.41 Å². The Balaban J connectivity index is 4.73. The summed E-state index contributed by atoms with van der Waals surface area (Å²) in [4.78, 5) is 2.60. The maximum Gasteiger partial charge on any atom is 0.0295 e. The van der Waals surface area contributed by atoms with Crippen molar-refractivity contribution in [3.63, 3.8) is 0 Å². The Hall–Kier alpha value is -0.0800. The average molecular weight is 242 g/mol. The monoisotopic (exact) mass is 242 g/mol. The van der Waals surface area contributed by atoms with Crippen molar-refractivity contribution in [2.24, 2.45) is 11.1 Å². The Bertz CT molecular complexity index is 192. The Morgan fingerprint density at radius 3 is 1.88 bits per heavy atom. The molecule has 17 heavy (non-hydrogen) atoms. The fourth-order valence-electron chi connectivity index (χ4n) is 2.85. The lowest BCUT2D eigenvalue weighted by atomic mass is 9.81. The van der Waals surface area contributed by atoms with Crippen LogP contribution in [0.1, 0.15) is 67.7 Å². The van der Waals surface area contributed by atoms with E-state index in [1.807, 2.05) is 0 Å². The van der Waals surface area contributed by atoms with Gasteiger partial charge in [0.15, 0.2) is 0 Å². The van der Waals surface area contributed by atoms with Crippen molar-refractivity contribution in [1.29, 1.82) is 0 Å². The van der Waals surface area contributed by atoms with E-state index in [0.29, 0.717) is 12.1 Å². The minimum atomic E-state index is 0.221. The minimum absolute atomic E-state index is 0.221. The van der Waals surface area contributed by atoms with Crippen LogP contribution in [0.15, 0.2) is 0 Å². The highest BCUT2D eigenvalue weighted by Crippen LogP contribution is 2.28. The van der Waals surface area contributed by atoms with Gasteiger partial charge in [-0.05, 0) is 39.2 Å². The molecule has 2 unspecified atom stereocenters. The third kappa shape index (κ3) is 5.87. The molecular formula is C15H34N2. The summed E-state index contributed by atoms with van der Waals surface area (Å²) < 4.78 is 0. The standard InChI is InChI=1S/C15H34N2/c1-8-9-10-11-17(12(2)3)14(13(4)16)15(5,6)7/h12-14H,8-11,16H2,1-7H3. The smallest absolute Gasteiger partial charge is 0.0295 e. The summed E-state index contributed by atoms with van der Waals surface area (Å²) in [5.41, 5.74) is 6.46. The molecule has 0 fully saturated rings. The summed E-state index contributed by atoms with van der Waals surface area (Å²) in [5, 5.41) is 0. The lowest BCUT2D eigenvalue weighted by Crippen LogP contribution is -2.56. The summed E-state index contributed by atoms with van der Waals surface area (Å²) in [6, 6.07) is 1.25. The van der Waals surface area contributed by atoms with Gasteiger partial charge < -0.3 is 5.73 Å². The van der Waals surface area contributed by atoms with Crippen LogP contribution < -0.4 is 5.73 Å². The Labute approximate surface area is 109 Å². The lowest BCUT2D eigenvalue weighted by Gasteiger charge is -2.45. The van der Waals surface area contributed by atoms with Crippen molar-refractivity contribution < 1.29 is 0 Å². The molecule has 104 valence electrons. The predicted octanol–water partition coefficient (Wildman–Crippen LogP) is 3.65. The quantitative estimate of drug-likeness (QED) is 0.691. The molecule has 0 heterocycles. The van der Waals surface area contributed by atoms with Crippen LogP contribution in [0.5, 0.6) is 0 Å². The van der Waals surface area contributed by atoms with Gasteiger partial charge in [-0.15, -0.1) is 0 Å². The van der Waals surface area contributed by atoms with Gasteiger partial charge in [0, 0.05) is 18.1 Å². The largest absolute Gasteiger partial charge is 0.327 e. The molecule has 2 heteroatoms. The third-order valence-corrected chi connectivity index (χ3v) is 3.43. The fraction of sp³-hybridized carbons (Fsp3) is 1.00. The second kappa shape index (κ2) is 7.38. The van der Waals surface area contributed by atoms with Crippen molar-refractivity contribution >= 4 is 0 Å². The van der Waals surface area contributed by atoms with E-state index in [2.05, 4.69) is 53.4 Å². The zero-order chi connectivity index (χ0) is 13.6. The summed E-state index contributed by atoms with van der Waals surface area (Å²) in [7, 11) is 0. The highest BCUT2D eigenvalue weighted by molar-refractivity contribution is 4.90. The Morgan fingerprint density at radius 1 is 1.06 bits per heavy atom. The molecule has 0 rings (SSSR count). The molecule has 0 aromatic rings. The van der Waals surface area contributed by atoms with Crippen LogP contribution in [0.4, 0.5) is 0 Å². The van der Waals surface area contributed by atoms with Crippen molar-refractivity contribution in [2.75, 3.05) is 6.54 Å². The van der Waals surface area contributed by atoms with E-state index < -0.39 is 0 Å². The molecule has 2 nitrogen and oxygen atoms in total. The maximum absolute atomic E-state index is 6.22. The van der Waals surface area contributed by atoms with Crippen molar-refractivity contribution in [2.45, 2.75) is 85.9 Å². The molecule has 0 amide bonds. The molecule has 0 saturated carbocycles. The van der Waals surface area contributed by atoms with Crippen molar-refractivity contribution in [1.82, 2.24) is 4.90 Å². The normalized spacial score (nSPS) is 16.6. The van der Waals surface area contributed by atoms with Gasteiger partial charge in [0.25, 0.3) is 0 Å². The van der Waals surface area contributed by atoms with Crippen LogP contribution in [-0.2, 0) is 0 Å². The van der Waals surface area contributed by atoms with Gasteiger partial charge in [0.2, 0.25) is 0 Å². The first-order valence-corrected chi connectivity index (χ1v) is 7.23. The average Bonchev–Trinajstić information content (AvgIpc) is 2.13. The zero-order valence-electron chi connectivity index (χ0n) is 13.1. The number of nitrogens with two attached hydrogens (primary N) is 1. The predicted molar refractivity (Wildman–Crippen MR) is 78.3 cm³/mol. The minimum Gasteiger partial charge on any atom is -0.327 e. The zero-order valence-corrected chi connectivity index (χ0v) is 13.1. The van der Waals surface area contributed by atoms with E-state index in [0.717, 1.165) is 0 Å². The summed E-state index contributed by atoms with van der Waals surface area (Å²) >= 11 is 0. The molecular weight excluding hydrogens is 208 g/mol. The highest BCUT2D eigenvalue weighted by Gasteiger charge is 2.34. The van der Waals surface area contributed by atoms with Gasteiger partial charge >= 0.3 is 0 Å². The van der Waals surface area contributed by atoms with E-state index in [1.54, 1.807) is 0 Å². The van der Waals surface area contributed by atoms with E-state index in [-0.39, 0.29) is 11.5 Å². The lowest BCUT2D eigenvalue weighted by molar-refractivity contribution is 0.0540. The van der Waals surface area contributed by atoms with Crippen LogP contribution in [-0.4, -0.2) is 29.6 Å². The molecule has 0 spiro atoms. The molecule has 2 atom stereocenters. The van der Waals surface area contributed by atoms with Gasteiger partial charge in [-0.1, -0.05) is 40.5 Å². The number of hydrogen-bond donors (Lipinski definition) is 1. The number of nitrogens with zero attached hydrogens (tertiary/aromatic N) is 1. The second-order valence-electron chi connectivity index (χ2n) is 6.71. The number of rotatable bonds is 7. The van der Waals surface area contributed by atoms with Crippen LogP contribution in [0.25, 0.3) is 0 Å². The summed E-state index contributed by atoms with van der Waals surface area (Å²) in [5.74, 6) is 0. The van der Waals surface area contributed by atoms with Crippen molar-refractivity contribution in [3.05, 3.63) is 0 Å². The molecule has 0 aromatic heterocycles. The number of hydrogen-bond acceptors (Lipinski definition) is 2. The van der Waals surface area contributed by atoms with Gasteiger partial charge in [0.05, 0.1) is 0 Å². The van der Waals surface area contributed by atoms with Crippen LogP contribution >= 0.6 is 0 Å². The molecule has 0 aromatic carbocycles. The molecule has 0 saturated heterocycles. The van der Waals surface area contributed by atoms with Crippen LogP contribution in [0.2, 0.25) is 0 Å². The van der Waals surface area contributed by atoms with Crippen molar-refractivity contribution in [3.8, 4) is 0 Å². The first-order valence-electron chi connectivity index (χ1n) is 7.23. The molecule has 0 radical (unpaired) electrons. The first-order chi connectivity index (χ1) is 7.71. The topological polar surface area (TPSA) is 29.3 Å². The van der Waals surface area contributed by atoms with E-state index in [4.69, 9.17) is 5.73 Å². The van der Waals surface area contributed by atoms with Gasteiger partial charge in [-0.3, -0.25) is 4.90 Å². The Kier molecular flexibility index (Phi) is 7.34. The Morgan fingerprint density at radius 2 is 1.59 bits per heavy atom. The molecule has 0 aliphatic heterocycles. The first kappa shape index (κ1) is 16.9. The van der Waals surface area contributed by atoms with Gasteiger partial charge in [-0.2, -0.15) is 0 Å².